The Bertz CT molecular complexity index is 550. The maximum atomic E-state index is 12.3. The maximum Gasteiger partial charge on any atom is 0.158 e. The second-order valence-electron chi connectivity index (χ2n) is 9.35. The average molecular weight is 316 g/mol. The van der Waals surface area contributed by atoms with E-state index in [2.05, 4.69) is 20.8 Å². The molecule has 4 aliphatic carbocycles. The van der Waals surface area contributed by atoms with Crippen molar-refractivity contribution in [3.8, 4) is 0 Å². The number of rotatable bonds is 1. The Morgan fingerprint density at radius 1 is 1.17 bits per heavy atom. The van der Waals surface area contributed by atoms with Gasteiger partial charge >= 0.3 is 0 Å². The predicted molar refractivity (Wildman–Crippen MR) is 91.9 cm³/mol. The minimum atomic E-state index is -0.0884. The van der Waals surface area contributed by atoms with Gasteiger partial charge in [0, 0.05) is 5.92 Å². The van der Waals surface area contributed by atoms with E-state index in [-0.39, 0.29) is 22.9 Å². The minimum Gasteiger partial charge on any atom is -0.393 e. The molecule has 0 saturated heterocycles. The summed E-state index contributed by atoms with van der Waals surface area (Å²) in [6.45, 7) is 6.97. The van der Waals surface area contributed by atoms with Gasteiger partial charge < -0.3 is 5.11 Å². The molecule has 0 amide bonds. The van der Waals surface area contributed by atoms with Crippen molar-refractivity contribution in [2.45, 2.75) is 78.2 Å². The SMILES string of the molecule is CC[C@@H]1C[C@@]2(C)C(=CC1=O)CC[C@H]1[C@@H]3CC[C@H](O)[C@@]3(C)CC[C@@H]12. The molecule has 3 fully saturated rings. The van der Waals surface area contributed by atoms with Crippen molar-refractivity contribution in [2.75, 3.05) is 0 Å². The third-order valence-electron chi connectivity index (χ3n) is 8.57. The molecule has 2 heteroatoms. The van der Waals surface area contributed by atoms with Crippen LogP contribution in [0.25, 0.3) is 0 Å². The molecule has 4 aliphatic rings. The Labute approximate surface area is 140 Å². The highest BCUT2D eigenvalue weighted by molar-refractivity contribution is 5.93. The number of hydrogen-bond acceptors (Lipinski definition) is 2. The summed E-state index contributed by atoms with van der Waals surface area (Å²) in [5, 5.41) is 10.5. The van der Waals surface area contributed by atoms with E-state index in [1.165, 1.54) is 31.3 Å². The highest BCUT2D eigenvalue weighted by Gasteiger charge is 2.59. The zero-order valence-electron chi connectivity index (χ0n) is 15.0. The Kier molecular flexibility index (Phi) is 3.58. The summed E-state index contributed by atoms with van der Waals surface area (Å²) in [7, 11) is 0. The van der Waals surface area contributed by atoms with Crippen LogP contribution in [0.5, 0.6) is 0 Å². The number of fused-ring (bicyclic) bond motifs is 5. The predicted octanol–water partition coefficient (Wildman–Crippen LogP) is 4.52. The van der Waals surface area contributed by atoms with Crippen LogP contribution in [0.2, 0.25) is 0 Å². The van der Waals surface area contributed by atoms with E-state index >= 15 is 0 Å². The van der Waals surface area contributed by atoms with Crippen molar-refractivity contribution in [1.82, 2.24) is 0 Å². The molecule has 23 heavy (non-hydrogen) atoms. The lowest BCUT2D eigenvalue weighted by Crippen LogP contribution is -2.52. The summed E-state index contributed by atoms with van der Waals surface area (Å²) in [5.41, 5.74) is 1.86. The fraction of sp³-hybridized carbons (Fsp3) is 0.857. The van der Waals surface area contributed by atoms with E-state index in [0.717, 1.165) is 37.5 Å². The largest absolute Gasteiger partial charge is 0.393 e. The van der Waals surface area contributed by atoms with Crippen molar-refractivity contribution in [3.05, 3.63) is 11.6 Å². The van der Waals surface area contributed by atoms with Gasteiger partial charge in [0.15, 0.2) is 5.78 Å². The molecule has 7 atom stereocenters. The molecule has 1 N–H and O–H groups in total. The van der Waals surface area contributed by atoms with E-state index in [0.29, 0.717) is 11.7 Å². The Morgan fingerprint density at radius 2 is 1.96 bits per heavy atom. The quantitative estimate of drug-likeness (QED) is 0.772. The minimum absolute atomic E-state index is 0.0884. The maximum absolute atomic E-state index is 12.3. The summed E-state index contributed by atoms with van der Waals surface area (Å²) in [6, 6.07) is 0. The van der Waals surface area contributed by atoms with Crippen LogP contribution in [-0.4, -0.2) is 17.0 Å². The van der Waals surface area contributed by atoms with Crippen LogP contribution >= 0.6 is 0 Å². The fourth-order valence-corrected chi connectivity index (χ4v) is 7.07. The van der Waals surface area contributed by atoms with Crippen molar-refractivity contribution in [2.24, 2.45) is 34.5 Å². The molecule has 0 aromatic heterocycles. The second kappa shape index (κ2) is 5.18. The first kappa shape index (κ1) is 15.9. The number of carbonyl (C=O) groups is 1. The first-order valence-electron chi connectivity index (χ1n) is 9.83. The van der Waals surface area contributed by atoms with Crippen LogP contribution in [-0.2, 0) is 4.79 Å². The smallest absolute Gasteiger partial charge is 0.158 e. The van der Waals surface area contributed by atoms with E-state index in [1.807, 2.05) is 6.08 Å². The molecule has 128 valence electrons. The van der Waals surface area contributed by atoms with Gasteiger partial charge in [0.2, 0.25) is 0 Å². The molecule has 0 heterocycles. The number of aliphatic hydroxyl groups excluding tert-OH is 1. The number of allylic oxidation sites excluding steroid dienone is 1. The molecule has 3 saturated carbocycles. The van der Waals surface area contributed by atoms with E-state index in [1.54, 1.807) is 0 Å². The summed E-state index contributed by atoms with van der Waals surface area (Å²) in [4.78, 5) is 12.3. The number of carbonyl (C=O) groups excluding carboxylic acids is 1. The highest BCUT2D eigenvalue weighted by atomic mass is 16.3. The molecule has 0 aromatic rings. The van der Waals surface area contributed by atoms with Gasteiger partial charge in [-0.2, -0.15) is 0 Å². The Balaban J connectivity index is 1.68. The van der Waals surface area contributed by atoms with Gasteiger partial charge in [-0.05, 0) is 86.0 Å². The Morgan fingerprint density at radius 3 is 2.70 bits per heavy atom. The van der Waals surface area contributed by atoms with Gasteiger partial charge in [-0.1, -0.05) is 26.3 Å². The number of ketones is 1. The van der Waals surface area contributed by atoms with Gasteiger partial charge in [0.25, 0.3) is 0 Å². The summed E-state index contributed by atoms with van der Waals surface area (Å²) in [5.74, 6) is 2.82. The molecule has 0 aromatic carbocycles. The van der Waals surface area contributed by atoms with Crippen molar-refractivity contribution >= 4 is 5.78 Å². The molecule has 0 radical (unpaired) electrons. The van der Waals surface area contributed by atoms with Gasteiger partial charge in [-0.15, -0.1) is 0 Å². The molecule has 0 spiro atoms. The monoisotopic (exact) mass is 316 g/mol. The first-order valence-corrected chi connectivity index (χ1v) is 9.83. The van der Waals surface area contributed by atoms with Gasteiger partial charge in [0.1, 0.15) is 0 Å². The number of hydrogen-bond donors (Lipinski definition) is 1. The normalized spacial score (nSPS) is 52.4. The van der Waals surface area contributed by atoms with E-state index < -0.39 is 0 Å². The summed E-state index contributed by atoms with van der Waals surface area (Å²) < 4.78 is 0. The van der Waals surface area contributed by atoms with Crippen LogP contribution in [0.1, 0.15) is 72.1 Å². The molecule has 2 nitrogen and oxygen atoms in total. The zero-order valence-corrected chi connectivity index (χ0v) is 15.0. The van der Waals surface area contributed by atoms with Crippen LogP contribution in [0.4, 0.5) is 0 Å². The standard InChI is InChI=1S/C21H32O2/c1-4-13-12-21(3)14(11-18(13)22)5-6-15-16-7-8-19(23)20(16,2)10-9-17(15)21/h11,13,15-17,19,23H,4-10,12H2,1-3H3/t13-,15+,16+,17+,19+,20+,21+/m1/s1. The summed E-state index contributed by atoms with van der Waals surface area (Å²) in [6.07, 6.45) is 11.0. The van der Waals surface area contributed by atoms with E-state index in [9.17, 15) is 9.90 Å². The lowest BCUT2D eigenvalue weighted by Gasteiger charge is -2.58. The Hall–Kier alpha value is -0.630. The van der Waals surface area contributed by atoms with Gasteiger partial charge in [-0.25, -0.2) is 0 Å². The average Bonchev–Trinajstić information content (AvgIpc) is 2.83. The van der Waals surface area contributed by atoms with Gasteiger partial charge in [0.05, 0.1) is 6.10 Å². The van der Waals surface area contributed by atoms with Crippen LogP contribution in [0.3, 0.4) is 0 Å². The lowest BCUT2D eigenvalue weighted by atomic mass is 9.46. The molecule has 0 aliphatic heterocycles. The van der Waals surface area contributed by atoms with Crippen molar-refractivity contribution in [3.63, 3.8) is 0 Å². The first-order chi connectivity index (χ1) is 10.9. The lowest BCUT2D eigenvalue weighted by molar-refractivity contribution is -0.123. The van der Waals surface area contributed by atoms with Crippen LogP contribution in [0, 0.1) is 34.5 Å². The highest BCUT2D eigenvalue weighted by Crippen LogP contribution is 2.65. The van der Waals surface area contributed by atoms with Crippen LogP contribution < -0.4 is 0 Å². The molecule has 0 unspecified atom stereocenters. The van der Waals surface area contributed by atoms with Crippen LogP contribution in [0.15, 0.2) is 11.6 Å². The zero-order chi connectivity index (χ0) is 16.4. The third kappa shape index (κ3) is 2.06. The van der Waals surface area contributed by atoms with E-state index in [4.69, 9.17) is 0 Å². The van der Waals surface area contributed by atoms with Crippen molar-refractivity contribution < 1.29 is 9.90 Å². The molecular weight excluding hydrogens is 284 g/mol. The van der Waals surface area contributed by atoms with Gasteiger partial charge in [-0.3, -0.25) is 4.79 Å². The molecule has 4 rings (SSSR count). The molecular formula is C21H32O2. The number of aliphatic hydroxyl groups is 1. The second-order valence-corrected chi connectivity index (χ2v) is 9.35. The topological polar surface area (TPSA) is 37.3 Å². The molecule has 0 bridgehead atoms. The fourth-order valence-electron chi connectivity index (χ4n) is 7.07. The van der Waals surface area contributed by atoms with Crippen molar-refractivity contribution in [1.29, 1.82) is 0 Å². The third-order valence-corrected chi connectivity index (χ3v) is 8.57. The summed E-state index contributed by atoms with van der Waals surface area (Å²) >= 11 is 0.